The van der Waals surface area contributed by atoms with Gasteiger partial charge in [0.05, 0.1) is 4.90 Å². The van der Waals surface area contributed by atoms with Crippen molar-refractivity contribution in [1.29, 1.82) is 0 Å². The Morgan fingerprint density at radius 3 is 1.85 bits per heavy atom. The van der Waals surface area contributed by atoms with Gasteiger partial charge in [-0.05, 0) is 42.9 Å². The van der Waals surface area contributed by atoms with Gasteiger partial charge in [0.2, 0.25) is 10.0 Å². The number of nitrogens with two attached hydrogens (primary N) is 1. The molecular formula is C22H40N2O2S. The van der Waals surface area contributed by atoms with Crippen molar-refractivity contribution < 1.29 is 8.42 Å². The Bertz CT molecular complexity index is 613. The second-order valence-corrected chi connectivity index (χ2v) is 9.67. The fourth-order valence-electron chi connectivity index (χ4n) is 3.51. The number of hydrogen-bond acceptors (Lipinski definition) is 3. The van der Waals surface area contributed by atoms with Crippen molar-refractivity contribution in [2.75, 3.05) is 18.8 Å². The van der Waals surface area contributed by atoms with Crippen LogP contribution in [0.3, 0.4) is 0 Å². The predicted octanol–water partition coefficient (Wildman–Crippen LogP) is 5.69. The second kappa shape index (κ2) is 12.4. The first kappa shape index (κ1) is 24.0. The van der Waals surface area contributed by atoms with Gasteiger partial charge in [-0.3, -0.25) is 0 Å². The number of benzene rings is 1. The van der Waals surface area contributed by atoms with Gasteiger partial charge in [-0.1, -0.05) is 72.3 Å². The summed E-state index contributed by atoms with van der Waals surface area (Å²) < 4.78 is 28.6. The normalized spacial score (nSPS) is 14.4. The first-order chi connectivity index (χ1) is 12.9. The topological polar surface area (TPSA) is 63.4 Å². The van der Waals surface area contributed by atoms with E-state index >= 15 is 0 Å². The maximum absolute atomic E-state index is 13.4. The van der Waals surface area contributed by atoms with Crippen LogP contribution >= 0.6 is 0 Å². The summed E-state index contributed by atoms with van der Waals surface area (Å²) in [6.07, 6.45) is 8.78. The number of anilines is 1. The van der Waals surface area contributed by atoms with Crippen LogP contribution in [0.1, 0.15) is 79.1 Å². The van der Waals surface area contributed by atoms with Crippen LogP contribution in [0.4, 0.5) is 5.69 Å². The minimum absolute atomic E-state index is 0.318. The summed E-state index contributed by atoms with van der Waals surface area (Å²) in [7, 11) is -3.53. The molecule has 1 rings (SSSR count). The molecule has 1 aromatic carbocycles. The van der Waals surface area contributed by atoms with Crippen LogP contribution in [0.15, 0.2) is 29.2 Å². The summed E-state index contributed by atoms with van der Waals surface area (Å²) in [6.45, 7) is 9.92. The van der Waals surface area contributed by atoms with Crippen LogP contribution in [0.2, 0.25) is 0 Å². The molecule has 0 radical (unpaired) electrons. The molecule has 0 saturated heterocycles. The van der Waals surface area contributed by atoms with Crippen LogP contribution in [-0.2, 0) is 10.0 Å². The Morgan fingerprint density at radius 1 is 0.926 bits per heavy atom. The van der Waals surface area contributed by atoms with Crippen molar-refractivity contribution >= 4 is 15.7 Å². The lowest BCUT2D eigenvalue weighted by Gasteiger charge is -2.30. The van der Waals surface area contributed by atoms with E-state index < -0.39 is 10.0 Å². The third-order valence-corrected chi connectivity index (χ3v) is 7.33. The first-order valence-electron chi connectivity index (χ1n) is 10.7. The molecule has 0 unspecified atom stereocenters. The average Bonchev–Trinajstić information content (AvgIpc) is 2.66. The summed E-state index contributed by atoms with van der Waals surface area (Å²) in [5.41, 5.74) is 6.35. The van der Waals surface area contributed by atoms with Crippen molar-refractivity contribution in [3.8, 4) is 0 Å². The van der Waals surface area contributed by atoms with Crippen molar-refractivity contribution in [3.05, 3.63) is 24.3 Å². The minimum Gasteiger partial charge on any atom is -0.399 e. The van der Waals surface area contributed by atoms with Gasteiger partial charge in [-0.25, -0.2) is 8.42 Å². The standard InChI is InChI=1S/C22H40N2O2S/c1-5-9-12-19(7-3)17-24(18-20(8-4)13-10-6-2)27(25,26)22-15-11-14-21(23)16-22/h11,14-16,19-20H,5-10,12-13,17-18,23H2,1-4H3/t19-,20-/m1/s1. The SMILES string of the molecule is CCCC[C@@H](CC)CN(C[C@H](CC)CCCC)S(=O)(=O)c1cccc(N)c1. The van der Waals surface area contributed by atoms with E-state index in [0.29, 0.717) is 35.5 Å². The highest BCUT2D eigenvalue weighted by molar-refractivity contribution is 7.89. The lowest BCUT2D eigenvalue weighted by atomic mass is 9.97. The van der Waals surface area contributed by atoms with E-state index in [9.17, 15) is 8.42 Å². The Balaban J connectivity index is 3.10. The van der Waals surface area contributed by atoms with E-state index in [-0.39, 0.29) is 0 Å². The number of sulfonamides is 1. The van der Waals surface area contributed by atoms with E-state index in [4.69, 9.17) is 5.73 Å². The van der Waals surface area contributed by atoms with E-state index in [2.05, 4.69) is 27.7 Å². The van der Waals surface area contributed by atoms with Crippen LogP contribution in [0.25, 0.3) is 0 Å². The molecule has 2 atom stereocenters. The lowest BCUT2D eigenvalue weighted by molar-refractivity contribution is 0.270. The number of unbranched alkanes of at least 4 members (excludes halogenated alkanes) is 2. The summed E-state index contributed by atoms with van der Waals surface area (Å²) in [4.78, 5) is 0.318. The zero-order valence-electron chi connectivity index (χ0n) is 17.8. The minimum atomic E-state index is -3.53. The van der Waals surface area contributed by atoms with Crippen molar-refractivity contribution in [1.82, 2.24) is 4.31 Å². The van der Waals surface area contributed by atoms with Crippen LogP contribution in [0, 0.1) is 11.8 Å². The molecule has 0 aliphatic carbocycles. The average molecular weight is 397 g/mol. The molecule has 156 valence electrons. The fourth-order valence-corrected chi connectivity index (χ4v) is 5.15. The number of nitrogens with zero attached hydrogens (tertiary/aromatic N) is 1. The van der Waals surface area contributed by atoms with E-state index in [1.807, 2.05) is 0 Å². The largest absolute Gasteiger partial charge is 0.399 e. The monoisotopic (exact) mass is 396 g/mol. The Hall–Kier alpha value is -1.07. The quantitative estimate of drug-likeness (QED) is 0.411. The highest BCUT2D eigenvalue weighted by Gasteiger charge is 2.28. The number of nitrogen functional groups attached to an aromatic ring is 1. The fraction of sp³-hybridized carbons (Fsp3) is 0.727. The molecule has 0 aliphatic rings. The molecule has 0 spiro atoms. The van der Waals surface area contributed by atoms with Crippen molar-refractivity contribution in [2.24, 2.45) is 11.8 Å². The molecule has 0 aliphatic heterocycles. The Morgan fingerprint density at radius 2 is 1.44 bits per heavy atom. The molecule has 1 aromatic rings. The van der Waals surface area contributed by atoms with Gasteiger partial charge >= 0.3 is 0 Å². The third-order valence-electron chi connectivity index (χ3n) is 5.51. The molecule has 0 aromatic heterocycles. The first-order valence-corrected chi connectivity index (χ1v) is 12.2. The lowest BCUT2D eigenvalue weighted by Crippen LogP contribution is -2.39. The molecule has 0 fully saturated rings. The van der Waals surface area contributed by atoms with Gasteiger partial charge in [-0.2, -0.15) is 4.31 Å². The second-order valence-electron chi connectivity index (χ2n) is 7.73. The van der Waals surface area contributed by atoms with Crippen LogP contribution in [0.5, 0.6) is 0 Å². The molecule has 0 heterocycles. The smallest absolute Gasteiger partial charge is 0.243 e. The Kier molecular flexibility index (Phi) is 11.0. The van der Waals surface area contributed by atoms with Gasteiger partial charge < -0.3 is 5.73 Å². The molecule has 0 amide bonds. The molecule has 27 heavy (non-hydrogen) atoms. The highest BCUT2D eigenvalue weighted by Crippen LogP contribution is 2.25. The summed E-state index contributed by atoms with van der Waals surface area (Å²) in [6, 6.07) is 6.71. The van der Waals surface area contributed by atoms with Crippen LogP contribution in [-0.4, -0.2) is 25.8 Å². The highest BCUT2D eigenvalue weighted by atomic mass is 32.2. The molecule has 0 bridgehead atoms. The van der Waals surface area contributed by atoms with Gasteiger partial charge in [0.1, 0.15) is 0 Å². The number of hydrogen-bond donors (Lipinski definition) is 1. The summed E-state index contributed by atoms with van der Waals surface area (Å²) in [5, 5.41) is 0. The zero-order valence-corrected chi connectivity index (χ0v) is 18.6. The van der Waals surface area contributed by atoms with Gasteiger partial charge in [-0.15, -0.1) is 0 Å². The summed E-state index contributed by atoms with van der Waals surface area (Å²) >= 11 is 0. The maximum Gasteiger partial charge on any atom is 0.243 e. The molecular weight excluding hydrogens is 356 g/mol. The number of rotatable bonds is 14. The molecule has 0 saturated carbocycles. The molecule has 5 heteroatoms. The van der Waals surface area contributed by atoms with Crippen LogP contribution < -0.4 is 5.73 Å². The third kappa shape index (κ3) is 7.82. The molecule has 2 N–H and O–H groups in total. The Labute approximate surface area is 167 Å². The molecule has 4 nitrogen and oxygen atoms in total. The van der Waals surface area contributed by atoms with E-state index in [1.54, 1.807) is 28.6 Å². The van der Waals surface area contributed by atoms with Gasteiger partial charge in [0, 0.05) is 18.8 Å². The van der Waals surface area contributed by atoms with E-state index in [0.717, 1.165) is 51.4 Å². The summed E-state index contributed by atoms with van der Waals surface area (Å²) in [5.74, 6) is 0.814. The zero-order chi connectivity index (χ0) is 20.3. The predicted molar refractivity (Wildman–Crippen MR) is 116 cm³/mol. The van der Waals surface area contributed by atoms with Crippen molar-refractivity contribution in [2.45, 2.75) is 84.0 Å². The van der Waals surface area contributed by atoms with Gasteiger partial charge in [0.25, 0.3) is 0 Å². The van der Waals surface area contributed by atoms with E-state index in [1.165, 1.54) is 0 Å². The van der Waals surface area contributed by atoms with Crippen molar-refractivity contribution in [3.63, 3.8) is 0 Å². The maximum atomic E-state index is 13.4. The van der Waals surface area contributed by atoms with Gasteiger partial charge in [0.15, 0.2) is 0 Å².